The van der Waals surface area contributed by atoms with Crippen LogP contribution in [0, 0.1) is 18.3 Å². The minimum Gasteiger partial charge on any atom is -0.360 e. The van der Waals surface area contributed by atoms with Crippen LogP contribution in [0.5, 0.6) is 0 Å². The molecule has 1 aromatic rings. The second-order valence-corrected chi connectivity index (χ2v) is 7.56. The number of aryl methyl sites for hydroxylation is 1. The van der Waals surface area contributed by atoms with Crippen molar-refractivity contribution in [1.29, 1.82) is 5.26 Å². The number of carbonyl (C=O) groups is 1. The second kappa shape index (κ2) is 12.2. The highest BCUT2D eigenvalue weighted by atomic mass is 16.1. The maximum atomic E-state index is 12.6. The molecule has 1 aromatic carbocycles. The van der Waals surface area contributed by atoms with Crippen molar-refractivity contribution in [3.05, 3.63) is 41.6 Å². The van der Waals surface area contributed by atoms with Gasteiger partial charge >= 0.3 is 0 Å². The molecule has 2 N–H and O–H groups in total. The molecule has 1 amide bonds. The van der Waals surface area contributed by atoms with Gasteiger partial charge in [-0.15, -0.1) is 0 Å². The average Bonchev–Trinajstić information content (AvgIpc) is 2.66. The van der Waals surface area contributed by atoms with Crippen LogP contribution in [-0.4, -0.2) is 11.9 Å². The van der Waals surface area contributed by atoms with E-state index in [1.807, 2.05) is 37.3 Å². The van der Waals surface area contributed by atoms with Crippen LogP contribution in [0.2, 0.25) is 0 Å². The molecule has 4 heteroatoms. The predicted octanol–water partition coefficient (Wildman–Crippen LogP) is 5.60. The van der Waals surface area contributed by atoms with Gasteiger partial charge in [-0.25, -0.2) is 0 Å². The fraction of sp³-hybridized carbons (Fsp3) is 0.565. The predicted molar refractivity (Wildman–Crippen MR) is 111 cm³/mol. The van der Waals surface area contributed by atoms with E-state index in [0.29, 0.717) is 0 Å². The van der Waals surface area contributed by atoms with Crippen molar-refractivity contribution < 1.29 is 4.79 Å². The fourth-order valence-electron chi connectivity index (χ4n) is 3.60. The Hall–Kier alpha value is -2.28. The van der Waals surface area contributed by atoms with Crippen LogP contribution in [0.15, 0.2) is 36.0 Å². The molecule has 0 bridgehead atoms. The zero-order valence-corrected chi connectivity index (χ0v) is 16.6. The van der Waals surface area contributed by atoms with Crippen molar-refractivity contribution in [2.75, 3.05) is 5.32 Å². The summed E-state index contributed by atoms with van der Waals surface area (Å²) in [5.41, 5.74) is 2.11. The first-order valence-electron chi connectivity index (χ1n) is 10.4. The summed E-state index contributed by atoms with van der Waals surface area (Å²) in [6, 6.07) is 10.0. The van der Waals surface area contributed by atoms with Crippen LogP contribution in [0.1, 0.15) is 76.2 Å². The molecule has 27 heavy (non-hydrogen) atoms. The number of hydrogen-bond acceptors (Lipinski definition) is 3. The van der Waals surface area contributed by atoms with Gasteiger partial charge in [-0.3, -0.25) is 4.79 Å². The van der Waals surface area contributed by atoms with Gasteiger partial charge in [-0.05, 0) is 31.4 Å². The summed E-state index contributed by atoms with van der Waals surface area (Å²) in [4.78, 5) is 12.6. The molecule has 146 valence electrons. The monoisotopic (exact) mass is 367 g/mol. The molecule has 2 rings (SSSR count). The second-order valence-electron chi connectivity index (χ2n) is 7.56. The van der Waals surface area contributed by atoms with E-state index in [1.54, 1.807) is 0 Å². The SMILES string of the molecule is Cc1ccccc1N/C=C(/C#N)C(=O)NC1CCCCCCCCCCC1. The Labute approximate surface area is 164 Å². The number of hydrogen-bond donors (Lipinski definition) is 2. The van der Waals surface area contributed by atoms with Crippen LogP contribution in [0.4, 0.5) is 5.69 Å². The lowest BCUT2D eigenvalue weighted by atomic mass is 9.98. The first-order chi connectivity index (χ1) is 13.2. The van der Waals surface area contributed by atoms with Crippen LogP contribution < -0.4 is 10.6 Å². The third-order valence-electron chi connectivity index (χ3n) is 5.32. The van der Waals surface area contributed by atoms with Crippen molar-refractivity contribution in [1.82, 2.24) is 5.32 Å². The van der Waals surface area contributed by atoms with E-state index in [-0.39, 0.29) is 17.5 Å². The first kappa shape index (κ1) is 21.0. The Morgan fingerprint density at radius 1 is 1.00 bits per heavy atom. The summed E-state index contributed by atoms with van der Waals surface area (Å²) in [6.45, 7) is 1.99. The molecule has 0 saturated heterocycles. The molecule has 1 fully saturated rings. The van der Waals surface area contributed by atoms with Crippen LogP contribution >= 0.6 is 0 Å². The molecule has 0 heterocycles. The van der Waals surface area contributed by atoms with Crippen LogP contribution in [0.3, 0.4) is 0 Å². The Bertz CT molecular complexity index is 648. The minimum absolute atomic E-state index is 0.129. The van der Waals surface area contributed by atoms with E-state index in [2.05, 4.69) is 10.6 Å². The number of nitrogens with one attached hydrogen (secondary N) is 2. The van der Waals surface area contributed by atoms with Gasteiger partial charge in [-0.2, -0.15) is 5.26 Å². The van der Waals surface area contributed by atoms with Crippen LogP contribution in [-0.2, 0) is 4.79 Å². The number of nitriles is 1. The molecule has 0 aromatic heterocycles. The highest BCUT2D eigenvalue weighted by Crippen LogP contribution is 2.18. The highest BCUT2D eigenvalue weighted by Gasteiger charge is 2.16. The standard InChI is InChI=1S/C23H33N3O/c1-19-13-11-12-16-22(19)25-18-20(17-24)23(27)26-21-14-9-7-5-3-2-4-6-8-10-15-21/h11-13,16,18,21,25H,2-10,14-15H2,1H3,(H,26,27)/b20-18-. The fourth-order valence-corrected chi connectivity index (χ4v) is 3.60. The summed E-state index contributed by atoms with van der Waals surface area (Å²) >= 11 is 0. The van der Waals surface area contributed by atoms with Gasteiger partial charge in [0, 0.05) is 17.9 Å². The number of rotatable bonds is 4. The Balaban J connectivity index is 1.93. The third-order valence-corrected chi connectivity index (χ3v) is 5.32. The maximum absolute atomic E-state index is 12.6. The largest absolute Gasteiger partial charge is 0.360 e. The number of anilines is 1. The summed E-state index contributed by atoms with van der Waals surface area (Å²) in [5.74, 6) is -0.268. The van der Waals surface area contributed by atoms with E-state index in [9.17, 15) is 10.1 Å². The first-order valence-corrected chi connectivity index (χ1v) is 10.4. The topological polar surface area (TPSA) is 64.9 Å². The van der Waals surface area contributed by atoms with E-state index in [1.165, 1.54) is 51.1 Å². The normalized spacial score (nSPS) is 17.9. The lowest BCUT2D eigenvalue weighted by Gasteiger charge is -2.19. The molecule has 1 saturated carbocycles. The molecule has 0 atom stereocenters. The molecule has 0 spiro atoms. The minimum atomic E-state index is -0.268. The summed E-state index contributed by atoms with van der Waals surface area (Å²) < 4.78 is 0. The van der Waals surface area contributed by atoms with Crippen LogP contribution in [0.25, 0.3) is 0 Å². The van der Waals surface area contributed by atoms with Crippen molar-refractivity contribution in [2.45, 2.75) is 83.6 Å². The highest BCUT2D eigenvalue weighted by molar-refractivity contribution is 5.97. The van der Waals surface area contributed by atoms with E-state index < -0.39 is 0 Å². The lowest BCUT2D eigenvalue weighted by Crippen LogP contribution is -2.35. The maximum Gasteiger partial charge on any atom is 0.263 e. The zero-order chi connectivity index (χ0) is 19.3. The Kier molecular flexibility index (Phi) is 9.48. The van der Waals surface area contributed by atoms with Crippen molar-refractivity contribution in [3.63, 3.8) is 0 Å². The molecule has 0 aliphatic heterocycles. The van der Waals surface area contributed by atoms with Crippen molar-refractivity contribution in [3.8, 4) is 6.07 Å². The van der Waals surface area contributed by atoms with E-state index >= 15 is 0 Å². The molecular formula is C23H33N3O. The molecule has 1 aliphatic carbocycles. The molecule has 0 radical (unpaired) electrons. The lowest BCUT2D eigenvalue weighted by molar-refractivity contribution is -0.117. The van der Waals surface area contributed by atoms with Gasteiger partial charge in [0.25, 0.3) is 5.91 Å². The van der Waals surface area contributed by atoms with Gasteiger partial charge in [0.05, 0.1) is 0 Å². The van der Waals surface area contributed by atoms with Gasteiger partial charge in [0.15, 0.2) is 0 Å². The van der Waals surface area contributed by atoms with Gasteiger partial charge in [0.2, 0.25) is 0 Å². The number of para-hydroxylation sites is 1. The smallest absolute Gasteiger partial charge is 0.263 e. The number of carbonyl (C=O) groups excluding carboxylic acids is 1. The van der Waals surface area contributed by atoms with Gasteiger partial charge in [0.1, 0.15) is 11.6 Å². The summed E-state index contributed by atoms with van der Waals surface area (Å²) in [6.07, 6.45) is 14.9. The Morgan fingerprint density at radius 3 is 2.11 bits per heavy atom. The van der Waals surface area contributed by atoms with Crippen molar-refractivity contribution in [2.24, 2.45) is 0 Å². The number of benzene rings is 1. The van der Waals surface area contributed by atoms with Gasteiger partial charge < -0.3 is 10.6 Å². The third kappa shape index (κ3) is 7.86. The van der Waals surface area contributed by atoms with Crippen molar-refractivity contribution >= 4 is 11.6 Å². The Morgan fingerprint density at radius 2 is 1.56 bits per heavy atom. The van der Waals surface area contributed by atoms with E-state index in [0.717, 1.165) is 36.9 Å². The summed E-state index contributed by atoms with van der Waals surface area (Å²) in [7, 11) is 0. The zero-order valence-electron chi connectivity index (χ0n) is 16.6. The molecular weight excluding hydrogens is 334 g/mol. The number of amides is 1. The molecule has 4 nitrogen and oxygen atoms in total. The summed E-state index contributed by atoms with van der Waals surface area (Å²) in [5, 5.41) is 15.6. The number of nitrogens with zero attached hydrogens (tertiary/aromatic N) is 1. The van der Waals surface area contributed by atoms with Gasteiger partial charge in [-0.1, -0.05) is 76.0 Å². The van der Waals surface area contributed by atoms with E-state index in [4.69, 9.17) is 0 Å². The molecule has 0 unspecified atom stereocenters. The average molecular weight is 368 g/mol. The molecule has 1 aliphatic rings. The quantitative estimate of drug-likeness (QED) is 0.537.